The summed E-state index contributed by atoms with van der Waals surface area (Å²) in [5, 5.41) is 11.4. The van der Waals surface area contributed by atoms with Crippen LogP contribution in [0.25, 0.3) is 0 Å². The number of aryl methyl sites for hydroxylation is 1. The fraction of sp³-hybridized carbons (Fsp3) is 0.286. The minimum absolute atomic E-state index is 0.690. The highest BCUT2D eigenvalue weighted by atomic mass is 32.2. The lowest BCUT2D eigenvalue weighted by atomic mass is 10.6. The molecule has 7 heteroatoms. The van der Waals surface area contributed by atoms with Crippen molar-refractivity contribution < 1.29 is 0 Å². The van der Waals surface area contributed by atoms with Crippen LogP contribution in [0.15, 0.2) is 23.9 Å². The van der Waals surface area contributed by atoms with Gasteiger partial charge in [-0.1, -0.05) is 11.8 Å². The number of nitrogens with one attached hydrogen (secondary N) is 1. The number of nitrogen functional groups attached to an aromatic ring is 1. The SMILES string of the molecule is Nc1cnn(CCSc2ncn[nH]2)c1. The van der Waals surface area contributed by atoms with Gasteiger partial charge in [-0.2, -0.15) is 10.2 Å². The predicted molar refractivity (Wildman–Crippen MR) is 53.7 cm³/mol. The molecule has 2 rings (SSSR count). The van der Waals surface area contributed by atoms with Crippen LogP contribution in [0.5, 0.6) is 0 Å². The normalized spacial score (nSPS) is 10.6. The third kappa shape index (κ3) is 2.25. The fourth-order valence-electron chi connectivity index (χ4n) is 1.00. The van der Waals surface area contributed by atoms with Gasteiger partial charge in [0.15, 0.2) is 5.16 Å². The number of hydrogen-bond acceptors (Lipinski definition) is 5. The van der Waals surface area contributed by atoms with Gasteiger partial charge in [-0.3, -0.25) is 9.78 Å². The molecule has 0 amide bonds. The Morgan fingerprint density at radius 2 is 2.50 bits per heavy atom. The Labute approximate surface area is 84.9 Å². The summed E-state index contributed by atoms with van der Waals surface area (Å²) in [4.78, 5) is 3.99. The summed E-state index contributed by atoms with van der Waals surface area (Å²) in [6.07, 6.45) is 4.94. The molecule has 2 aromatic rings. The van der Waals surface area contributed by atoms with Gasteiger partial charge in [-0.15, -0.1) is 0 Å². The first-order chi connectivity index (χ1) is 6.84. The Hall–Kier alpha value is -1.50. The van der Waals surface area contributed by atoms with Crippen molar-refractivity contribution in [1.29, 1.82) is 0 Å². The molecule has 0 saturated carbocycles. The van der Waals surface area contributed by atoms with E-state index in [4.69, 9.17) is 5.73 Å². The molecule has 0 radical (unpaired) electrons. The van der Waals surface area contributed by atoms with Crippen molar-refractivity contribution in [3.8, 4) is 0 Å². The van der Waals surface area contributed by atoms with Gasteiger partial charge in [0, 0.05) is 11.9 Å². The average Bonchev–Trinajstić information content (AvgIpc) is 2.77. The van der Waals surface area contributed by atoms with Crippen molar-refractivity contribution >= 4 is 17.4 Å². The largest absolute Gasteiger partial charge is 0.396 e. The molecule has 0 aliphatic heterocycles. The van der Waals surface area contributed by atoms with Gasteiger partial charge in [-0.25, -0.2) is 4.98 Å². The number of anilines is 1. The van der Waals surface area contributed by atoms with Crippen molar-refractivity contribution in [1.82, 2.24) is 25.0 Å². The standard InChI is InChI=1S/C7H10N6S/c8-6-3-11-13(4-6)1-2-14-7-9-5-10-12-7/h3-5H,1-2,8H2,(H,9,10,12). The number of rotatable bonds is 4. The maximum atomic E-state index is 5.53. The van der Waals surface area contributed by atoms with E-state index in [1.165, 1.54) is 6.33 Å². The Morgan fingerprint density at radius 1 is 1.57 bits per heavy atom. The molecule has 0 aliphatic rings. The molecule has 0 fully saturated rings. The van der Waals surface area contributed by atoms with Crippen LogP contribution in [-0.2, 0) is 6.54 Å². The second-order valence-corrected chi connectivity index (χ2v) is 3.76. The number of nitrogens with zero attached hydrogens (tertiary/aromatic N) is 4. The van der Waals surface area contributed by atoms with Crippen molar-refractivity contribution in [2.24, 2.45) is 0 Å². The van der Waals surface area contributed by atoms with Crippen LogP contribution >= 0.6 is 11.8 Å². The summed E-state index contributed by atoms with van der Waals surface area (Å²) in [5.41, 5.74) is 6.22. The molecule has 0 atom stereocenters. The summed E-state index contributed by atoms with van der Waals surface area (Å²) in [5.74, 6) is 0.885. The lowest BCUT2D eigenvalue weighted by Crippen LogP contribution is -2.00. The number of thioether (sulfide) groups is 1. The first-order valence-corrected chi connectivity index (χ1v) is 5.09. The van der Waals surface area contributed by atoms with Crippen molar-refractivity contribution in [2.75, 3.05) is 11.5 Å². The van der Waals surface area contributed by atoms with E-state index in [1.807, 2.05) is 0 Å². The molecule has 0 saturated heterocycles. The fourth-order valence-corrected chi connectivity index (χ4v) is 1.71. The van der Waals surface area contributed by atoms with Crippen LogP contribution in [0.3, 0.4) is 0 Å². The van der Waals surface area contributed by atoms with E-state index in [1.54, 1.807) is 28.8 Å². The third-order valence-corrected chi connectivity index (χ3v) is 2.46. The van der Waals surface area contributed by atoms with Gasteiger partial charge >= 0.3 is 0 Å². The van der Waals surface area contributed by atoms with Crippen molar-refractivity contribution in [3.05, 3.63) is 18.7 Å². The summed E-state index contributed by atoms with van der Waals surface area (Å²) in [6.45, 7) is 0.808. The highest BCUT2D eigenvalue weighted by molar-refractivity contribution is 7.99. The molecule has 2 heterocycles. The monoisotopic (exact) mass is 210 g/mol. The Bertz CT molecular complexity index is 381. The van der Waals surface area contributed by atoms with E-state index in [-0.39, 0.29) is 0 Å². The zero-order valence-corrected chi connectivity index (χ0v) is 8.24. The zero-order valence-electron chi connectivity index (χ0n) is 7.42. The Kier molecular flexibility index (Phi) is 2.68. The summed E-state index contributed by atoms with van der Waals surface area (Å²) >= 11 is 1.60. The second-order valence-electron chi connectivity index (χ2n) is 2.68. The number of nitrogens with two attached hydrogens (primary N) is 1. The summed E-state index contributed by atoms with van der Waals surface area (Å²) < 4.78 is 1.80. The average molecular weight is 210 g/mol. The molecule has 0 spiro atoms. The minimum atomic E-state index is 0.690. The summed E-state index contributed by atoms with van der Waals surface area (Å²) in [7, 11) is 0. The molecule has 14 heavy (non-hydrogen) atoms. The number of aromatic amines is 1. The van der Waals surface area contributed by atoms with Crippen LogP contribution in [0, 0.1) is 0 Å². The molecular formula is C7H10N6S. The van der Waals surface area contributed by atoms with Crippen LogP contribution < -0.4 is 5.73 Å². The van der Waals surface area contributed by atoms with Crippen LogP contribution in [0.2, 0.25) is 0 Å². The van der Waals surface area contributed by atoms with Crippen molar-refractivity contribution in [2.45, 2.75) is 11.7 Å². The minimum Gasteiger partial charge on any atom is -0.396 e. The van der Waals surface area contributed by atoms with Crippen molar-refractivity contribution in [3.63, 3.8) is 0 Å². The van der Waals surface area contributed by atoms with Gasteiger partial charge < -0.3 is 5.73 Å². The highest BCUT2D eigenvalue weighted by Crippen LogP contribution is 2.10. The van der Waals surface area contributed by atoms with Gasteiger partial charge in [-0.05, 0) is 0 Å². The topological polar surface area (TPSA) is 85.4 Å². The van der Waals surface area contributed by atoms with Gasteiger partial charge in [0.25, 0.3) is 0 Å². The molecule has 2 aromatic heterocycles. The number of H-pyrrole nitrogens is 1. The van der Waals surface area contributed by atoms with Gasteiger partial charge in [0.2, 0.25) is 0 Å². The molecule has 74 valence electrons. The van der Waals surface area contributed by atoms with E-state index < -0.39 is 0 Å². The van der Waals surface area contributed by atoms with E-state index >= 15 is 0 Å². The van der Waals surface area contributed by atoms with Crippen LogP contribution in [0.1, 0.15) is 0 Å². The maximum absolute atomic E-state index is 5.53. The Morgan fingerprint density at radius 3 is 3.14 bits per heavy atom. The van der Waals surface area contributed by atoms with E-state index in [0.29, 0.717) is 5.69 Å². The lowest BCUT2D eigenvalue weighted by molar-refractivity contribution is 0.666. The van der Waals surface area contributed by atoms with E-state index in [9.17, 15) is 0 Å². The van der Waals surface area contributed by atoms with Crippen LogP contribution in [-0.4, -0.2) is 30.7 Å². The first-order valence-electron chi connectivity index (χ1n) is 4.11. The first kappa shape index (κ1) is 9.07. The number of hydrogen-bond donors (Lipinski definition) is 2. The number of aromatic nitrogens is 5. The van der Waals surface area contributed by atoms with Gasteiger partial charge in [0.05, 0.1) is 18.4 Å². The molecular weight excluding hydrogens is 200 g/mol. The maximum Gasteiger partial charge on any atom is 0.183 e. The predicted octanol–water partition coefficient (Wildman–Crippen LogP) is 0.376. The van der Waals surface area contributed by atoms with Crippen LogP contribution in [0.4, 0.5) is 5.69 Å². The molecule has 0 aromatic carbocycles. The third-order valence-electron chi connectivity index (χ3n) is 1.61. The molecule has 0 unspecified atom stereocenters. The zero-order chi connectivity index (χ0) is 9.80. The molecule has 3 N–H and O–H groups in total. The Balaban J connectivity index is 1.78. The summed E-state index contributed by atoms with van der Waals surface area (Å²) in [6, 6.07) is 0. The highest BCUT2D eigenvalue weighted by Gasteiger charge is 1.98. The van der Waals surface area contributed by atoms with E-state index in [0.717, 1.165) is 17.5 Å². The molecule has 0 bridgehead atoms. The smallest absolute Gasteiger partial charge is 0.183 e. The quantitative estimate of drug-likeness (QED) is 0.712. The van der Waals surface area contributed by atoms with E-state index in [2.05, 4.69) is 20.3 Å². The lowest BCUT2D eigenvalue weighted by Gasteiger charge is -1.98. The molecule has 0 aliphatic carbocycles. The van der Waals surface area contributed by atoms with Gasteiger partial charge in [0.1, 0.15) is 6.33 Å². The molecule has 6 nitrogen and oxygen atoms in total. The second kappa shape index (κ2) is 4.14.